The van der Waals surface area contributed by atoms with Gasteiger partial charge in [0.1, 0.15) is 11.4 Å². The molecule has 2 N–H and O–H groups in total. The summed E-state index contributed by atoms with van der Waals surface area (Å²) >= 11 is 3.37. The van der Waals surface area contributed by atoms with E-state index in [1.54, 1.807) is 24.3 Å². The Kier molecular flexibility index (Phi) is 2.53. The third-order valence-electron chi connectivity index (χ3n) is 3.57. The Morgan fingerprint density at radius 2 is 1.95 bits per heavy atom. The molecule has 0 atom stereocenters. The molecule has 2 aromatic carbocycles. The summed E-state index contributed by atoms with van der Waals surface area (Å²) in [6.45, 7) is 0. The number of carbonyl (C=O) groups is 1. The van der Waals surface area contributed by atoms with Crippen molar-refractivity contribution in [1.82, 2.24) is 4.98 Å². The number of aliphatic imine (C=N–C) groups is 1. The van der Waals surface area contributed by atoms with Crippen LogP contribution in [0.15, 0.2) is 51.9 Å². The standard InChI is InChI=1S/C16H9BrN2O2/c17-8-5-6-10-12(7-8)19-14(16(10)21)13-15(20)9-3-1-2-4-11(9)18-13/h1-7,18,20H. The van der Waals surface area contributed by atoms with E-state index >= 15 is 0 Å². The summed E-state index contributed by atoms with van der Waals surface area (Å²) in [5.41, 5.74) is 2.55. The minimum atomic E-state index is -0.181. The first kappa shape index (κ1) is 12.3. The Morgan fingerprint density at radius 1 is 1.14 bits per heavy atom. The molecule has 0 fully saturated rings. The molecule has 2 heterocycles. The van der Waals surface area contributed by atoms with Gasteiger partial charge < -0.3 is 10.1 Å². The van der Waals surface area contributed by atoms with Crippen molar-refractivity contribution in [3.63, 3.8) is 0 Å². The number of H-pyrrole nitrogens is 1. The highest BCUT2D eigenvalue weighted by Gasteiger charge is 2.29. The molecule has 0 unspecified atom stereocenters. The molecule has 0 bridgehead atoms. The maximum atomic E-state index is 12.5. The van der Waals surface area contributed by atoms with E-state index in [-0.39, 0.29) is 17.2 Å². The van der Waals surface area contributed by atoms with Crippen LogP contribution in [0.4, 0.5) is 5.69 Å². The summed E-state index contributed by atoms with van der Waals surface area (Å²) in [5, 5.41) is 11.0. The number of nitrogens with zero attached hydrogens (tertiary/aromatic N) is 1. The highest BCUT2D eigenvalue weighted by atomic mass is 79.9. The molecule has 0 spiro atoms. The fraction of sp³-hybridized carbons (Fsp3) is 0. The quantitative estimate of drug-likeness (QED) is 0.704. The van der Waals surface area contributed by atoms with Gasteiger partial charge in [-0.1, -0.05) is 28.1 Å². The van der Waals surface area contributed by atoms with Crippen molar-refractivity contribution in [3.05, 3.63) is 58.2 Å². The number of aromatic hydroxyl groups is 1. The highest BCUT2D eigenvalue weighted by Crippen LogP contribution is 2.35. The zero-order valence-corrected chi connectivity index (χ0v) is 12.3. The number of benzene rings is 2. The molecule has 0 radical (unpaired) electrons. The lowest BCUT2D eigenvalue weighted by atomic mass is 10.1. The van der Waals surface area contributed by atoms with Crippen molar-refractivity contribution >= 4 is 44.0 Å². The largest absolute Gasteiger partial charge is 0.505 e. The SMILES string of the molecule is O=C1C(c2[nH]c3ccccc3c2O)=Nc2cc(Br)ccc21. The second kappa shape index (κ2) is 4.30. The lowest BCUT2D eigenvalue weighted by molar-refractivity contribution is 0.107. The van der Waals surface area contributed by atoms with Gasteiger partial charge in [-0.15, -0.1) is 0 Å². The molecule has 4 rings (SSSR count). The topological polar surface area (TPSA) is 65.5 Å². The summed E-state index contributed by atoms with van der Waals surface area (Å²) in [7, 11) is 0. The van der Waals surface area contributed by atoms with Crippen molar-refractivity contribution in [2.24, 2.45) is 4.99 Å². The van der Waals surface area contributed by atoms with E-state index in [0.717, 1.165) is 9.99 Å². The van der Waals surface area contributed by atoms with E-state index in [1.807, 2.05) is 18.2 Å². The van der Waals surface area contributed by atoms with Crippen molar-refractivity contribution in [2.75, 3.05) is 0 Å². The van der Waals surface area contributed by atoms with E-state index in [9.17, 15) is 9.90 Å². The Morgan fingerprint density at radius 3 is 2.76 bits per heavy atom. The van der Waals surface area contributed by atoms with E-state index in [4.69, 9.17) is 0 Å². The van der Waals surface area contributed by atoms with Crippen LogP contribution >= 0.6 is 15.9 Å². The van der Waals surface area contributed by atoms with Gasteiger partial charge in [0.2, 0.25) is 5.78 Å². The fourth-order valence-corrected chi connectivity index (χ4v) is 2.91. The zero-order chi connectivity index (χ0) is 14.6. The molecule has 0 amide bonds. The second-order valence-corrected chi connectivity index (χ2v) is 5.76. The number of aromatic nitrogens is 1. The number of nitrogens with one attached hydrogen (secondary N) is 1. The van der Waals surface area contributed by atoms with Crippen LogP contribution in [0.1, 0.15) is 16.1 Å². The number of halogens is 1. The van der Waals surface area contributed by atoms with E-state index in [1.165, 1.54) is 0 Å². The number of hydrogen-bond donors (Lipinski definition) is 2. The van der Waals surface area contributed by atoms with Crippen molar-refractivity contribution in [3.8, 4) is 5.75 Å². The van der Waals surface area contributed by atoms with Crippen LogP contribution in [-0.2, 0) is 0 Å². The number of Topliss-reactive ketones (excluding diaryl/α,β-unsaturated/α-hetero) is 1. The van der Waals surface area contributed by atoms with Gasteiger partial charge >= 0.3 is 0 Å². The minimum absolute atomic E-state index is 0.0598. The molecule has 3 aromatic rings. The fourth-order valence-electron chi connectivity index (χ4n) is 2.56. The van der Waals surface area contributed by atoms with Gasteiger partial charge in [0.15, 0.2) is 5.75 Å². The highest BCUT2D eigenvalue weighted by molar-refractivity contribution is 9.10. The molecule has 1 aliphatic heterocycles. The van der Waals surface area contributed by atoms with Crippen molar-refractivity contribution in [2.45, 2.75) is 0 Å². The van der Waals surface area contributed by atoms with Crippen LogP contribution in [-0.4, -0.2) is 21.6 Å². The monoisotopic (exact) mass is 340 g/mol. The molecular formula is C16H9BrN2O2. The summed E-state index contributed by atoms with van der Waals surface area (Å²) < 4.78 is 0.861. The smallest absolute Gasteiger partial charge is 0.215 e. The third kappa shape index (κ3) is 1.74. The molecule has 0 saturated heterocycles. The third-order valence-corrected chi connectivity index (χ3v) is 4.06. The van der Waals surface area contributed by atoms with Gasteiger partial charge in [0, 0.05) is 15.4 Å². The molecule has 102 valence electrons. The average molecular weight is 341 g/mol. The summed E-state index contributed by atoms with van der Waals surface area (Å²) in [6, 6.07) is 12.7. The van der Waals surface area contributed by atoms with Crippen LogP contribution in [0.25, 0.3) is 10.9 Å². The Labute approximate surface area is 128 Å². The van der Waals surface area contributed by atoms with Crippen LogP contribution in [0, 0.1) is 0 Å². The number of ketones is 1. The van der Waals surface area contributed by atoms with E-state index < -0.39 is 0 Å². The normalized spacial score (nSPS) is 13.6. The summed E-state index contributed by atoms with van der Waals surface area (Å²) in [4.78, 5) is 19.9. The maximum Gasteiger partial charge on any atom is 0.215 e. The molecule has 0 saturated carbocycles. The number of hydrogen-bond acceptors (Lipinski definition) is 3. The van der Waals surface area contributed by atoms with Crippen LogP contribution < -0.4 is 0 Å². The predicted octanol–water partition coefficient (Wildman–Crippen LogP) is 3.95. The number of fused-ring (bicyclic) bond motifs is 2. The van der Waals surface area contributed by atoms with Gasteiger partial charge in [0.05, 0.1) is 11.3 Å². The number of para-hydroxylation sites is 1. The predicted molar refractivity (Wildman–Crippen MR) is 84.6 cm³/mol. The molecule has 4 nitrogen and oxygen atoms in total. The Balaban J connectivity index is 1.93. The molecule has 21 heavy (non-hydrogen) atoms. The van der Waals surface area contributed by atoms with Gasteiger partial charge in [-0.3, -0.25) is 4.79 Å². The number of aromatic amines is 1. The molecule has 1 aliphatic rings. The van der Waals surface area contributed by atoms with Gasteiger partial charge in [-0.25, -0.2) is 4.99 Å². The first-order chi connectivity index (χ1) is 10.1. The second-order valence-electron chi connectivity index (χ2n) is 4.85. The minimum Gasteiger partial charge on any atom is -0.505 e. The number of rotatable bonds is 1. The molecule has 1 aromatic heterocycles. The Hall–Kier alpha value is -2.40. The first-order valence-electron chi connectivity index (χ1n) is 6.38. The maximum absolute atomic E-state index is 12.5. The lowest BCUT2D eigenvalue weighted by Crippen LogP contribution is -2.11. The summed E-state index contributed by atoms with van der Waals surface area (Å²) in [5.74, 6) is -0.121. The first-order valence-corrected chi connectivity index (χ1v) is 7.17. The number of carbonyl (C=O) groups excluding carboxylic acids is 1. The molecule has 0 aliphatic carbocycles. The van der Waals surface area contributed by atoms with Crippen molar-refractivity contribution < 1.29 is 9.90 Å². The zero-order valence-electron chi connectivity index (χ0n) is 10.7. The van der Waals surface area contributed by atoms with Crippen LogP contribution in [0.2, 0.25) is 0 Å². The Bertz CT molecular complexity index is 941. The lowest BCUT2D eigenvalue weighted by Gasteiger charge is -1.97. The van der Waals surface area contributed by atoms with E-state index in [0.29, 0.717) is 22.3 Å². The summed E-state index contributed by atoms with van der Waals surface area (Å²) in [6.07, 6.45) is 0. The molecule has 5 heteroatoms. The van der Waals surface area contributed by atoms with E-state index in [2.05, 4.69) is 25.9 Å². The molecular weight excluding hydrogens is 332 g/mol. The van der Waals surface area contributed by atoms with Gasteiger partial charge in [-0.05, 0) is 30.3 Å². The van der Waals surface area contributed by atoms with Crippen molar-refractivity contribution in [1.29, 1.82) is 0 Å². The average Bonchev–Trinajstić information content (AvgIpc) is 2.97. The van der Waals surface area contributed by atoms with Gasteiger partial charge in [0.25, 0.3) is 0 Å². The van der Waals surface area contributed by atoms with Crippen LogP contribution in [0.3, 0.4) is 0 Å². The van der Waals surface area contributed by atoms with Crippen LogP contribution in [0.5, 0.6) is 5.75 Å². The van der Waals surface area contributed by atoms with Gasteiger partial charge in [-0.2, -0.15) is 0 Å².